The minimum atomic E-state index is -0.314. The standard InChI is InChI=1S/C15H23N3O2/c1-16-10-8-12-6-3-4-11-18(12)14-13(15(19)20-2)7-5-9-17-14/h5,7,9,12,16H,3-4,6,8,10-11H2,1-2H3. The third kappa shape index (κ3) is 3.28. The highest BCUT2D eigenvalue weighted by atomic mass is 16.5. The van der Waals surface area contributed by atoms with E-state index in [0.29, 0.717) is 11.6 Å². The maximum atomic E-state index is 11.9. The van der Waals surface area contributed by atoms with Crippen LogP contribution in [0.15, 0.2) is 18.3 Å². The van der Waals surface area contributed by atoms with E-state index in [1.165, 1.54) is 13.5 Å². The Bertz CT molecular complexity index is 450. The maximum absolute atomic E-state index is 11.9. The van der Waals surface area contributed by atoms with Crippen molar-refractivity contribution in [2.45, 2.75) is 31.7 Å². The van der Waals surface area contributed by atoms with Crippen LogP contribution >= 0.6 is 0 Å². The highest BCUT2D eigenvalue weighted by molar-refractivity contribution is 5.94. The monoisotopic (exact) mass is 277 g/mol. The molecule has 0 spiro atoms. The van der Waals surface area contributed by atoms with E-state index in [1.807, 2.05) is 7.05 Å². The molecule has 0 saturated carbocycles. The zero-order chi connectivity index (χ0) is 14.4. The van der Waals surface area contributed by atoms with Gasteiger partial charge in [-0.15, -0.1) is 0 Å². The van der Waals surface area contributed by atoms with Gasteiger partial charge in [0.25, 0.3) is 0 Å². The lowest BCUT2D eigenvalue weighted by Gasteiger charge is -2.37. The Balaban J connectivity index is 2.25. The van der Waals surface area contributed by atoms with Crippen LogP contribution in [0.1, 0.15) is 36.0 Å². The molecule has 1 unspecified atom stereocenters. The number of pyridine rings is 1. The molecule has 0 bridgehead atoms. The number of carbonyl (C=O) groups is 1. The summed E-state index contributed by atoms with van der Waals surface area (Å²) >= 11 is 0. The quantitative estimate of drug-likeness (QED) is 0.832. The maximum Gasteiger partial charge on any atom is 0.341 e. The number of nitrogens with zero attached hydrogens (tertiary/aromatic N) is 2. The van der Waals surface area contributed by atoms with Crippen LogP contribution in [0, 0.1) is 0 Å². The number of hydrogen-bond acceptors (Lipinski definition) is 5. The number of hydrogen-bond donors (Lipinski definition) is 1. The van der Waals surface area contributed by atoms with E-state index < -0.39 is 0 Å². The molecule has 2 rings (SSSR count). The van der Waals surface area contributed by atoms with E-state index in [4.69, 9.17) is 4.74 Å². The number of carbonyl (C=O) groups excluding carboxylic acids is 1. The summed E-state index contributed by atoms with van der Waals surface area (Å²) in [6, 6.07) is 4.01. The minimum Gasteiger partial charge on any atom is -0.465 e. The normalized spacial score (nSPS) is 18.9. The van der Waals surface area contributed by atoms with Crippen molar-refractivity contribution >= 4 is 11.8 Å². The lowest BCUT2D eigenvalue weighted by atomic mass is 9.98. The summed E-state index contributed by atoms with van der Waals surface area (Å²) in [5.74, 6) is 0.450. The fourth-order valence-corrected chi connectivity index (χ4v) is 2.79. The van der Waals surface area contributed by atoms with Gasteiger partial charge in [-0.1, -0.05) is 0 Å². The molecular formula is C15H23N3O2. The molecule has 110 valence electrons. The molecule has 20 heavy (non-hydrogen) atoms. The molecule has 1 aromatic heterocycles. The highest BCUT2D eigenvalue weighted by Gasteiger charge is 2.26. The van der Waals surface area contributed by atoms with Gasteiger partial charge in [0.05, 0.1) is 7.11 Å². The predicted molar refractivity (Wildman–Crippen MR) is 79.1 cm³/mol. The molecule has 5 nitrogen and oxygen atoms in total. The van der Waals surface area contributed by atoms with Crippen LogP contribution in [0.25, 0.3) is 0 Å². The van der Waals surface area contributed by atoms with E-state index in [0.717, 1.165) is 38.2 Å². The number of nitrogens with one attached hydrogen (secondary N) is 1. The molecule has 2 heterocycles. The fourth-order valence-electron chi connectivity index (χ4n) is 2.79. The molecule has 0 aliphatic carbocycles. The number of methoxy groups -OCH3 is 1. The van der Waals surface area contributed by atoms with Crippen molar-refractivity contribution in [1.82, 2.24) is 10.3 Å². The first-order chi connectivity index (χ1) is 9.77. The Morgan fingerprint density at radius 3 is 3.15 bits per heavy atom. The Hall–Kier alpha value is -1.62. The van der Waals surface area contributed by atoms with Gasteiger partial charge in [0.2, 0.25) is 0 Å². The number of ether oxygens (including phenoxy) is 1. The molecule has 1 N–H and O–H groups in total. The van der Waals surface area contributed by atoms with E-state index in [2.05, 4.69) is 15.2 Å². The molecule has 0 amide bonds. The van der Waals surface area contributed by atoms with Crippen molar-refractivity contribution in [3.8, 4) is 0 Å². The smallest absolute Gasteiger partial charge is 0.341 e. The predicted octanol–water partition coefficient (Wildman–Crippen LogP) is 1.84. The summed E-state index contributed by atoms with van der Waals surface area (Å²) in [4.78, 5) is 18.6. The average molecular weight is 277 g/mol. The zero-order valence-electron chi connectivity index (χ0n) is 12.3. The largest absolute Gasteiger partial charge is 0.465 e. The van der Waals surface area contributed by atoms with Gasteiger partial charge in [-0.2, -0.15) is 0 Å². The zero-order valence-corrected chi connectivity index (χ0v) is 12.3. The lowest BCUT2D eigenvalue weighted by Crippen LogP contribution is -2.42. The van der Waals surface area contributed by atoms with Gasteiger partial charge in [0.15, 0.2) is 0 Å². The summed E-state index contributed by atoms with van der Waals surface area (Å²) in [6.07, 6.45) is 6.34. The molecule has 1 aliphatic rings. The van der Waals surface area contributed by atoms with Crippen LogP contribution in [-0.4, -0.2) is 44.2 Å². The molecule has 1 saturated heterocycles. The van der Waals surface area contributed by atoms with Gasteiger partial charge < -0.3 is 15.0 Å². The summed E-state index contributed by atoms with van der Waals surface area (Å²) in [5.41, 5.74) is 0.561. The lowest BCUT2D eigenvalue weighted by molar-refractivity contribution is 0.0601. The van der Waals surface area contributed by atoms with E-state index >= 15 is 0 Å². The van der Waals surface area contributed by atoms with Crippen LogP contribution in [0.2, 0.25) is 0 Å². The van der Waals surface area contributed by atoms with Gasteiger partial charge >= 0.3 is 5.97 Å². The highest BCUT2D eigenvalue weighted by Crippen LogP contribution is 2.27. The molecular weight excluding hydrogens is 254 g/mol. The molecule has 5 heteroatoms. The number of esters is 1. The second-order valence-corrected chi connectivity index (χ2v) is 5.10. The van der Waals surface area contributed by atoms with Gasteiger partial charge in [0.1, 0.15) is 11.4 Å². The third-order valence-electron chi connectivity index (χ3n) is 3.82. The van der Waals surface area contributed by atoms with E-state index in [1.54, 1.807) is 18.3 Å². The molecule has 1 fully saturated rings. The topological polar surface area (TPSA) is 54.5 Å². The van der Waals surface area contributed by atoms with Crippen molar-refractivity contribution in [2.75, 3.05) is 32.1 Å². The van der Waals surface area contributed by atoms with Crippen LogP contribution in [0.4, 0.5) is 5.82 Å². The van der Waals surface area contributed by atoms with E-state index in [9.17, 15) is 4.79 Å². The van der Waals surface area contributed by atoms with Crippen LogP contribution < -0.4 is 10.2 Å². The Kier molecular flexibility index (Phi) is 5.35. The summed E-state index contributed by atoms with van der Waals surface area (Å²) in [5, 5.41) is 3.20. The summed E-state index contributed by atoms with van der Waals surface area (Å²) < 4.78 is 4.87. The van der Waals surface area contributed by atoms with Gasteiger partial charge in [-0.05, 0) is 51.4 Å². The Morgan fingerprint density at radius 2 is 2.40 bits per heavy atom. The van der Waals surface area contributed by atoms with Crippen molar-refractivity contribution in [3.63, 3.8) is 0 Å². The number of rotatable bonds is 5. The van der Waals surface area contributed by atoms with Gasteiger partial charge in [-0.25, -0.2) is 9.78 Å². The van der Waals surface area contributed by atoms with Gasteiger partial charge in [-0.3, -0.25) is 0 Å². The molecule has 1 aliphatic heterocycles. The van der Waals surface area contributed by atoms with Crippen LogP contribution in [0.5, 0.6) is 0 Å². The van der Waals surface area contributed by atoms with Crippen molar-refractivity contribution in [3.05, 3.63) is 23.9 Å². The third-order valence-corrected chi connectivity index (χ3v) is 3.82. The van der Waals surface area contributed by atoms with Crippen molar-refractivity contribution in [1.29, 1.82) is 0 Å². The van der Waals surface area contributed by atoms with Crippen LogP contribution in [0.3, 0.4) is 0 Å². The van der Waals surface area contributed by atoms with Crippen LogP contribution in [-0.2, 0) is 4.74 Å². The first-order valence-electron chi connectivity index (χ1n) is 7.22. The molecule has 0 radical (unpaired) electrons. The van der Waals surface area contributed by atoms with Crippen molar-refractivity contribution < 1.29 is 9.53 Å². The first-order valence-corrected chi connectivity index (χ1v) is 7.22. The first kappa shape index (κ1) is 14.8. The molecule has 0 aromatic carbocycles. The average Bonchev–Trinajstić information content (AvgIpc) is 2.52. The van der Waals surface area contributed by atoms with Crippen molar-refractivity contribution in [2.24, 2.45) is 0 Å². The number of aromatic nitrogens is 1. The molecule has 1 atom stereocenters. The summed E-state index contributed by atoms with van der Waals surface area (Å²) in [6.45, 7) is 1.93. The van der Waals surface area contributed by atoms with E-state index in [-0.39, 0.29) is 5.97 Å². The van der Waals surface area contributed by atoms with Gasteiger partial charge in [0, 0.05) is 18.8 Å². The second-order valence-electron chi connectivity index (χ2n) is 5.10. The Labute approximate surface area is 120 Å². The summed E-state index contributed by atoms with van der Waals surface area (Å²) in [7, 11) is 3.38. The second kappa shape index (κ2) is 7.24. The number of anilines is 1. The molecule has 1 aromatic rings. The SMILES string of the molecule is CNCCC1CCCCN1c1ncccc1C(=O)OC. The Morgan fingerprint density at radius 1 is 1.55 bits per heavy atom. The minimum absolute atomic E-state index is 0.314. The number of piperidine rings is 1. The fraction of sp³-hybridized carbons (Fsp3) is 0.600.